The summed E-state index contributed by atoms with van der Waals surface area (Å²) >= 11 is 3.40. The fourth-order valence-electron chi connectivity index (χ4n) is 1.22. The molecule has 3 heteroatoms. The Hall–Kier alpha value is -1.35. The summed E-state index contributed by atoms with van der Waals surface area (Å²) in [6.45, 7) is 0. The standard InChI is InChI=1S/C12H10BrNO/c13-9-10-5-4-8-14-12(10)15-11-6-2-1-3-7-11/h1-8H,9H2. The highest BCUT2D eigenvalue weighted by atomic mass is 79.9. The van der Waals surface area contributed by atoms with Gasteiger partial charge in [0.1, 0.15) is 5.75 Å². The fraction of sp³-hybridized carbons (Fsp3) is 0.0833. The van der Waals surface area contributed by atoms with Crippen molar-refractivity contribution in [2.75, 3.05) is 0 Å². The second kappa shape index (κ2) is 4.94. The number of benzene rings is 1. The molecular formula is C12H10BrNO. The van der Waals surface area contributed by atoms with Gasteiger partial charge in [0.15, 0.2) is 0 Å². The molecule has 1 aromatic carbocycles. The molecule has 0 aliphatic heterocycles. The minimum absolute atomic E-state index is 0.653. The second-order valence-electron chi connectivity index (χ2n) is 3.02. The number of alkyl halides is 1. The maximum Gasteiger partial charge on any atom is 0.223 e. The van der Waals surface area contributed by atoms with Crippen molar-refractivity contribution in [1.29, 1.82) is 0 Å². The van der Waals surface area contributed by atoms with E-state index in [1.165, 1.54) is 0 Å². The summed E-state index contributed by atoms with van der Waals surface area (Å²) in [4.78, 5) is 4.19. The largest absolute Gasteiger partial charge is 0.439 e. The number of aromatic nitrogens is 1. The normalized spacial score (nSPS) is 9.93. The third-order valence-electron chi connectivity index (χ3n) is 1.95. The summed E-state index contributed by atoms with van der Waals surface area (Å²) in [7, 11) is 0. The number of nitrogens with zero attached hydrogens (tertiary/aromatic N) is 1. The van der Waals surface area contributed by atoms with Gasteiger partial charge in [-0.05, 0) is 18.2 Å². The highest BCUT2D eigenvalue weighted by Gasteiger charge is 2.03. The van der Waals surface area contributed by atoms with E-state index in [-0.39, 0.29) is 0 Å². The first-order valence-corrected chi connectivity index (χ1v) is 5.75. The third-order valence-corrected chi connectivity index (χ3v) is 2.56. The van der Waals surface area contributed by atoms with Crippen LogP contribution in [0.1, 0.15) is 5.56 Å². The van der Waals surface area contributed by atoms with Gasteiger partial charge in [0.2, 0.25) is 5.88 Å². The lowest BCUT2D eigenvalue weighted by Crippen LogP contribution is -1.91. The van der Waals surface area contributed by atoms with Crippen molar-refractivity contribution in [3.8, 4) is 11.6 Å². The van der Waals surface area contributed by atoms with E-state index in [2.05, 4.69) is 20.9 Å². The Bertz CT molecular complexity index is 431. The predicted octanol–water partition coefficient (Wildman–Crippen LogP) is 3.77. The minimum Gasteiger partial charge on any atom is -0.439 e. The van der Waals surface area contributed by atoms with Crippen LogP contribution in [-0.2, 0) is 5.33 Å². The van der Waals surface area contributed by atoms with E-state index < -0.39 is 0 Å². The molecule has 0 radical (unpaired) electrons. The number of ether oxygens (including phenoxy) is 1. The topological polar surface area (TPSA) is 22.1 Å². The van der Waals surface area contributed by atoms with Crippen molar-refractivity contribution in [2.24, 2.45) is 0 Å². The number of hydrogen-bond donors (Lipinski definition) is 0. The Morgan fingerprint density at radius 3 is 2.60 bits per heavy atom. The molecule has 0 amide bonds. The summed E-state index contributed by atoms with van der Waals surface area (Å²) in [6.07, 6.45) is 1.73. The van der Waals surface area contributed by atoms with Gasteiger partial charge < -0.3 is 4.74 Å². The molecule has 0 N–H and O–H groups in total. The maximum absolute atomic E-state index is 5.66. The molecule has 0 saturated carbocycles. The van der Waals surface area contributed by atoms with Crippen molar-refractivity contribution < 1.29 is 4.74 Å². The first kappa shape index (κ1) is 10.2. The monoisotopic (exact) mass is 263 g/mol. The lowest BCUT2D eigenvalue weighted by molar-refractivity contribution is 0.458. The molecule has 15 heavy (non-hydrogen) atoms. The Morgan fingerprint density at radius 1 is 1.07 bits per heavy atom. The Kier molecular flexibility index (Phi) is 3.35. The summed E-state index contributed by atoms with van der Waals surface area (Å²) < 4.78 is 5.66. The van der Waals surface area contributed by atoms with Gasteiger partial charge >= 0.3 is 0 Å². The summed E-state index contributed by atoms with van der Waals surface area (Å²) in [5.74, 6) is 1.46. The van der Waals surface area contributed by atoms with Crippen molar-refractivity contribution >= 4 is 15.9 Å². The molecule has 2 aromatic rings. The van der Waals surface area contributed by atoms with E-state index in [9.17, 15) is 0 Å². The van der Waals surface area contributed by atoms with Gasteiger partial charge in [-0.2, -0.15) is 0 Å². The van der Waals surface area contributed by atoms with Crippen LogP contribution in [0.2, 0.25) is 0 Å². The van der Waals surface area contributed by atoms with E-state index in [1.807, 2.05) is 42.5 Å². The minimum atomic E-state index is 0.653. The first-order valence-electron chi connectivity index (χ1n) is 4.63. The van der Waals surface area contributed by atoms with Crippen molar-refractivity contribution in [1.82, 2.24) is 4.98 Å². The number of pyridine rings is 1. The molecule has 0 fully saturated rings. The van der Waals surface area contributed by atoms with Crippen molar-refractivity contribution in [3.63, 3.8) is 0 Å². The van der Waals surface area contributed by atoms with E-state index >= 15 is 0 Å². The molecule has 1 heterocycles. The van der Waals surface area contributed by atoms with E-state index in [4.69, 9.17) is 4.74 Å². The van der Waals surface area contributed by atoms with Gasteiger partial charge in [-0.3, -0.25) is 0 Å². The van der Waals surface area contributed by atoms with Crippen LogP contribution in [0.3, 0.4) is 0 Å². The third kappa shape index (κ3) is 2.57. The molecular weight excluding hydrogens is 254 g/mol. The lowest BCUT2D eigenvalue weighted by atomic mass is 10.3. The SMILES string of the molecule is BrCc1cccnc1Oc1ccccc1. The highest BCUT2D eigenvalue weighted by Crippen LogP contribution is 2.23. The van der Waals surface area contributed by atoms with Crippen LogP contribution in [0.25, 0.3) is 0 Å². The molecule has 0 spiro atoms. The van der Waals surface area contributed by atoms with Crippen LogP contribution >= 0.6 is 15.9 Å². The average molecular weight is 264 g/mol. The number of halogens is 1. The predicted molar refractivity (Wildman–Crippen MR) is 63.4 cm³/mol. The lowest BCUT2D eigenvalue weighted by Gasteiger charge is -2.07. The van der Waals surface area contributed by atoms with E-state index in [0.29, 0.717) is 5.88 Å². The second-order valence-corrected chi connectivity index (χ2v) is 3.58. The van der Waals surface area contributed by atoms with Crippen molar-refractivity contribution in [3.05, 3.63) is 54.2 Å². The van der Waals surface area contributed by atoms with Gasteiger partial charge in [-0.15, -0.1) is 0 Å². The molecule has 0 unspecified atom stereocenters. The highest BCUT2D eigenvalue weighted by molar-refractivity contribution is 9.08. The summed E-state index contributed by atoms with van der Waals surface area (Å²) in [5, 5.41) is 0.739. The zero-order valence-corrected chi connectivity index (χ0v) is 9.65. The van der Waals surface area contributed by atoms with Crippen LogP contribution in [0.5, 0.6) is 11.6 Å². The first-order chi connectivity index (χ1) is 7.40. The Balaban J connectivity index is 2.24. The fourth-order valence-corrected chi connectivity index (χ4v) is 1.64. The van der Waals surface area contributed by atoms with E-state index in [0.717, 1.165) is 16.6 Å². The van der Waals surface area contributed by atoms with Crippen LogP contribution in [-0.4, -0.2) is 4.98 Å². The quantitative estimate of drug-likeness (QED) is 0.787. The number of para-hydroxylation sites is 1. The van der Waals surface area contributed by atoms with Gasteiger partial charge in [-0.25, -0.2) is 4.98 Å². The van der Waals surface area contributed by atoms with Crippen LogP contribution in [0.15, 0.2) is 48.7 Å². The summed E-state index contributed by atoms with van der Waals surface area (Å²) in [6, 6.07) is 13.5. The zero-order chi connectivity index (χ0) is 10.5. The van der Waals surface area contributed by atoms with Gasteiger partial charge in [0.25, 0.3) is 0 Å². The molecule has 2 rings (SSSR count). The Morgan fingerprint density at radius 2 is 1.87 bits per heavy atom. The Labute approximate surface area is 97.1 Å². The molecule has 1 aromatic heterocycles. The average Bonchev–Trinajstić information content (AvgIpc) is 2.31. The number of hydrogen-bond acceptors (Lipinski definition) is 2. The molecule has 0 bridgehead atoms. The molecule has 2 nitrogen and oxygen atoms in total. The molecule has 0 saturated heterocycles. The smallest absolute Gasteiger partial charge is 0.223 e. The molecule has 0 atom stereocenters. The summed E-state index contributed by atoms with van der Waals surface area (Å²) in [5.41, 5.74) is 1.04. The van der Waals surface area contributed by atoms with Crippen molar-refractivity contribution in [2.45, 2.75) is 5.33 Å². The van der Waals surface area contributed by atoms with Crippen LogP contribution in [0, 0.1) is 0 Å². The van der Waals surface area contributed by atoms with Gasteiger partial charge in [0.05, 0.1) is 0 Å². The van der Waals surface area contributed by atoms with Crippen LogP contribution in [0.4, 0.5) is 0 Å². The van der Waals surface area contributed by atoms with Crippen LogP contribution < -0.4 is 4.74 Å². The molecule has 76 valence electrons. The van der Waals surface area contributed by atoms with Gasteiger partial charge in [-0.1, -0.05) is 40.2 Å². The number of rotatable bonds is 3. The zero-order valence-electron chi connectivity index (χ0n) is 8.06. The molecule has 0 aliphatic carbocycles. The molecule has 0 aliphatic rings. The van der Waals surface area contributed by atoms with E-state index in [1.54, 1.807) is 6.20 Å². The maximum atomic E-state index is 5.66. The van der Waals surface area contributed by atoms with Gasteiger partial charge in [0, 0.05) is 17.1 Å².